The van der Waals surface area contributed by atoms with Crippen LogP contribution in [0.3, 0.4) is 0 Å². The average molecular weight is 286 g/mol. The highest BCUT2D eigenvalue weighted by Crippen LogP contribution is 2.08. The van der Waals surface area contributed by atoms with Crippen LogP contribution in [0.4, 0.5) is 0 Å². The van der Waals surface area contributed by atoms with Crippen molar-refractivity contribution >= 4 is 23.5 Å². The third-order valence-corrected chi connectivity index (χ3v) is 2.17. The number of aromatic nitrogens is 2. The number of carbonyl (C=O) groups excluding carboxylic acids is 2. The smallest absolute Gasteiger partial charge is 0.328 e. The number of esters is 1. The van der Waals surface area contributed by atoms with Crippen molar-refractivity contribution in [2.45, 2.75) is 39.3 Å². The van der Waals surface area contributed by atoms with Crippen LogP contribution in [0.5, 0.6) is 0 Å². The van der Waals surface area contributed by atoms with Gasteiger partial charge in [-0.3, -0.25) is 4.79 Å². The second-order valence-corrected chi connectivity index (χ2v) is 5.36. The zero-order valence-corrected chi connectivity index (χ0v) is 12.0. The molecule has 0 radical (unpaired) electrons. The maximum atomic E-state index is 11.8. The van der Waals surface area contributed by atoms with E-state index in [1.54, 1.807) is 20.8 Å². The number of nitrogens with zero attached hydrogens (tertiary/aromatic N) is 2. The Morgan fingerprint density at radius 3 is 2.42 bits per heavy atom. The summed E-state index contributed by atoms with van der Waals surface area (Å²) in [5, 5.41) is 9.84. The molecule has 19 heavy (non-hydrogen) atoms. The SMILES string of the molecule is C[C@H](NC(=O)c1ccc(Cl)nn1)C(=O)OC(C)(C)C. The molecule has 104 valence electrons. The molecule has 7 heteroatoms. The van der Waals surface area contributed by atoms with Crippen molar-refractivity contribution in [2.24, 2.45) is 0 Å². The van der Waals surface area contributed by atoms with Crippen LogP contribution in [0.25, 0.3) is 0 Å². The van der Waals surface area contributed by atoms with E-state index in [4.69, 9.17) is 16.3 Å². The van der Waals surface area contributed by atoms with Crippen LogP contribution in [0.1, 0.15) is 38.2 Å². The van der Waals surface area contributed by atoms with Crippen LogP contribution in [-0.4, -0.2) is 33.7 Å². The van der Waals surface area contributed by atoms with Gasteiger partial charge in [0.2, 0.25) is 0 Å². The largest absolute Gasteiger partial charge is 0.458 e. The molecule has 1 heterocycles. The molecule has 0 unspecified atom stereocenters. The van der Waals surface area contributed by atoms with Crippen LogP contribution < -0.4 is 5.32 Å². The van der Waals surface area contributed by atoms with E-state index in [1.165, 1.54) is 19.1 Å². The molecule has 0 saturated carbocycles. The molecular formula is C12H16ClN3O3. The van der Waals surface area contributed by atoms with E-state index in [0.29, 0.717) is 0 Å². The zero-order valence-electron chi connectivity index (χ0n) is 11.2. The van der Waals surface area contributed by atoms with Gasteiger partial charge in [0, 0.05) is 0 Å². The Bertz CT molecular complexity index is 468. The monoisotopic (exact) mass is 285 g/mol. The molecule has 1 atom stereocenters. The summed E-state index contributed by atoms with van der Waals surface area (Å²) in [5.41, 5.74) is -0.518. The van der Waals surface area contributed by atoms with E-state index in [0.717, 1.165) is 0 Å². The highest BCUT2D eigenvalue weighted by Gasteiger charge is 2.23. The summed E-state index contributed by atoms with van der Waals surface area (Å²) in [6.07, 6.45) is 0. The molecule has 0 bridgehead atoms. The topological polar surface area (TPSA) is 81.2 Å². The molecule has 0 aliphatic carbocycles. The Morgan fingerprint density at radius 1 is 1.32 bits per heavy atom. The van der Waals surface area contributed by atoms with Crippen molar-refractivity contribution in [2.75, 3.05) is 0 Å². The van der Waals surface area contributed by atoms with Gasteiger partial charge in [-0.05, 0) is 39.8 Å². The lowest BCUT2D eigenvalue weighted by atomic mass is 10.2. The van der Waals surface area contributed by atoms with E-state index < -0.39 is 23.5 Å². The van der Waals surface area contributed by atoms with Gasteiger partial charge in [-0.2, -0.15) is 0 Å². The minimum atomic E-state index is -0.774. The number of amides is 1. The van der Waals surface area contributed by atoms with Gasteiger partial charge in [-0.1, -0.05) is 11.6 Å². The fourth-order valence-electron chi connectivity index (χ4n) is 1.16. The summed E-state index contributed by atoms with van der Waals surface area (Å²) in [5.74, 6) is -1.02. The third kappa shape index (κ3) is 5.21. The second kappa shape index (κ2) is 5.97. The normalized spacial score (nSPS) is 12.7. The van der Waals surface area contributed by atoms with E-state index in [9.17, 15) is 9.59 Å². The summed E-state index contributed by atoms with van der Waals surface area (Å²) in [6, 6.07) is 2.10. The van der Waals surface area contributed by atoms with E-state index >= 15 is 0 Å². The Morgan fingerprint density at radius 2 is 1.95 bits per heavy atom. The second-order valence-electron chi connectivity index (χ2n) is 4.97. The van der Waals surface area contributed by atoms with Gasteiger partial charge in [-0.15, -0.1) is 10.2 Å². The summed E-state index contributed by atoms with van der Waals surface area (Å²) in [4.78, 5) is 23.5. The first-order chi connectivity index (χ1) is 8.69. The van der Waals surface area contributed by atoms with E-state index in [1.807, 2.05) is 0 Å². The van der Waals surface area contributed by atoms with Crippen molar-refractivity contribution < 1.29 is 14.3 Å². The van der Waals surface area contributed by atoms with Gasteiger partial charge >= 0.3 is 5.97 Å². The number of carbonyl (C=O) groups is 2. The Kier molecular flexibility index (Phi) is 4.83. The van der Waals surface area contributed by atoms with Gasteiger partial charge in [0.05, 0.1) is 0 Å². The molecule has 6 nitrogen and oxygen atoms in total. The quantitative estimate of drug-likeness (QED) is 0.853. The maximum Gasteiger partial charge on any atom is 0.328 e. The highest BCUT2D eigenvalue weighted by molar-refractivity contribution is 6.29. The predicted octanol–water partition coefficient (Wildman–Crippen LogP) is 1.59. The molecule has 1 N–H and O–H groups in total. The lowest BCUT2D eigenvalue weighted by molar-refractivity contribution is -0.156. The molecule has 1 amide bonds. The summed E-state index contributed by atoms with van der Waals surface area (Å²) in [6.45, 7) is 6.80. The predicted molar refractivity (Wildman–Crippen MR) is 69.8 cm³/mol. The molecule has 0 spiro atoms. The first-order valence-electron chi connectivity index (χ1n) is 5.72. The van der Waals surface area contributed by atoms with Gasteiger partial charge < -0.3 is 10.1 Å². The Hall–Kier alpha value is -1.69. The van der Waals surface area contributed by atoms with Crippen molar-refractivity contribution in [3.63, 3.8) is 0 Å². The average Bonchev–Trinajstić information content (AvgIpc) is 2.27. The molecule has 0 saturated heterocycles. The number of hydrogen-bond donors (Lipinski definition) is 1. The number of ether oxygens (including phenoxy) is 1. The lowest BCUT2D eigenvalue weighted by Crippen LogP contribution is -2.42. The van der Waals surface area contributed by atoms with Crippen molar-refractivity contribution in [3.8, 4) is 0 Å². The van der Waals surface area contributed by atoms with Crippen LogP contribution in [0.2, 0.25) is 5.15 Å². The van der Waals surface area contributed by atoms with Crippen LogP contribution in [-0.2, 0) is 9.53 Å². The van der Waals surface area contributed by atoms with Crippen LogP contribution >= 0.6 is 11.6 Å². The fraction of sp³-hybridized carbons (Fsp3) is 0.500. The van der Waals surface area contributed by atoms with Gasteiger partial charge in [0.1, 0.15) is 11.6 Å². The van der Waals surface area contributed by atoms with E-state index in [-0.39, 0.29) is 10.8 Å². The third-order valence-electron chi connectivity index (χ3n) is 1.97. The van der Waals surface area contributed by atoms with Gasteiger partial charge in [-0.25, -0.2) is 4.79 Å². The molecule has 1 aromatic heterocycles. The number of nitrogens with one attached hydrogen (secondary N) is 1. The van der Waals surface area contributed by atoms with Crippen molar-refractivity contribution in [1.29, 1.82) is 0 Å². The van der Waals surface area contributed by atoms with Crippen LogP contribution in [0, 0.1) is 0 Å². The molecule has 0 aliphatic rings. The Labute approximate surface area is 116 Å². The van der Waals surface area contributed by atoms with E-state index in [2.05, 4.69) is 15.5 Å². The number of halogens is 1. The summed E-state index contributed by atoms with van der Waals surface area (Å²) in [7, 11) is 0. The van der Waals surface area contributed by atoms with Crippen molar-refractivity contribution in [1.82, 2.24) is 15.5 Å². The molecule has 0 aliphatic heterocycles. The standard InChI is InChI=1S/C12H16ClN3O3/c1-7(11(18)19-12(2,3)4)14-10(17)8-5-6-9(13)16-15-8/h5-7H,1-4H3,(H,14,17)/t7-/m0/s1. The van der Waals surface area contributed by atoms with Crippen LogP contribution in [0.15, 0.2) is 12.1 Å². The lowest BCUT2D eigenvalue weighted by Gasteiger charge is -2.22. The molecule has 1 rings (SSSR count). The Balaban J connectivity index is 2.61. The summed E-state index contributed by atoms with van der Waals surface area (Å²) >= 11 is 5.57. The maximum absolute atomic E-state index is 11.8. The van der Waals surface area contributed by atoms with Gasteiger partial charge in [0.25, 0.3) is 5.91 Å². The molecular weight excluding hydrogens is 270 g/mol. The minimum Gasteiger partial charge on any atom is -0.458 e. The molecule has 1 aromatic rings. The first kappa shape index (κ1) is 15.4. The zero-order chi connectivity index (χ0) is 14.6. The fourth-order valence-corrected chi connectivity index (χ4v) is 1.26. The first-order valence-corrected chi connectivity index (χ1v) is 6.10. The summed E-state index contributed by atoms with van der Waals surface area (Å²) < 4.78 is 5.14. The minimum absolute atomic E-state index is 0.0832. The molecule has 0 fully saturated rings. The number of rotatable bonds is 3. The highest BCUT2D eigenvalue weighted by atomic mass is 35.5. The van der Waals surface area contributed by atoms with Gasteiger partial charge in [0.15, 0.2) is 10.8 Å². The number of hydrogen-bond acceptors (Lipinski definition) is 5. The molecule has 0 aromatic carbocycles. The van der Waals surface area contributed by atoms with Crippen molar-refractivity contribution in [3.05, 3.63) is 23.0 Å².